The maximum Gasteiger partial charge on any atom is 0.348 e. The summed E-state index contributed by atoms with van der Waals surface area (Å²) < 4.78 is 5.07. The second-order valence-corrected chi connectivity index (χ2v) is 8.50. The normalized spacial score (nSPS) is 12.6. The van der Waals surface area contributed by atoms with Crippen LogP contribution in [0.15, 0.2) is 30.3 Å². The van der Waals surface area contributed by atoms with Crippen molar-refractivity contribution in [2.45, 2.75) is 39.2 Å². The largest absolute Gasteiger partial charge is 0.451 e. The van der Waals surface area contributed by atoms with Gasteiger partial charge in [0.25, 0.3) is 5.91 Å². The van der Waals surface area contributed by atoms with Gasteiger partial charge in [0.05, 0.1) is 0 Å². The number of carbonyl (C=O) groups is 3. The number of esters is 1. The van der Waals surface area contributed by atoms with E-state index in [9.17, 15) is 14.4 Å². The van der Waals surface area contributed by atoms with Gasteiger partial charge in [-0.3, -0.25) is 10.1 Å². The van der Waals surface area contributed by atoms with Crippen molar-refractivity contribution in [1.29, 1.82) is 0 Å². The number of imide groups is 1. The summed E-state index contributed by atoms with van der Waals surface area (Å²) in [5, 5.41) is 4.74. The molecule has 0 atom stereocenters. The van der Waals surface area contributed by atoms with E-state index >= 15 is 0 Å². The van der Waals surface area contributed by atoms with E-state index < -0.39 is 30.1 Å². The molecule has 3 rings (SSSR count). The molecule has 1 aliphatic carbocycles. The molecule has 2 aromatic rings. The van der Waals surface area contributed by atoms with Gasteiger partial charge in [-0.1, -0.05) is 24.3 Å². The number of urea groups is 1. The Morgan fingerprint density at radius 3 is 2.56 bits per heavy atom. The standard InChI is InChI=1S/C20H22N2O4S/c1-20(2,3)22-19(25)21-16(23)11-26-18(24)15-10-13-9-8-12-6-4-5-7-14(12)17(13)27-15/h4-7,10H,8-9,11H2,1-3H3,(H2,21,22,23,25). The van der Waals surface area contributed by atoms with Gasteiger partial charge >= 0.3 is 12.0 Å². The summed E-state index contributed by atoms with van der Waals surface area (Å²) in [6.45, 7) is 4.89. The SMILES string of the molecule is CC(C)(C)NC(=O)NC(=O)COC(=O)c1cc2c(s1)-c1ccccc1CC2. The second kappa shape index (κ2) is 7.52. The Morgan fingerprint density at radius 1 is 1.11 bits per heavy atom. The first-order valence-electron chi connectivity index (χ1n) is 8.73. The van der Waals surface area contributed by atoms with Gasteiger partial charge in [0.15, 0.2) is 6.61 Å². The number of aryl methyl sites for hydroxylation is 2. The Labute approximate surface area is 161 Å². The number of fused-ring (bicyclic) bond motifs is 3. The molecule has 0 unspecified atom stereocenters. The predicted molar refractivity (Wildman–Crippen MR) is 104 cm³/mol. The van der Waals surface area contributed by atoms with Gasteiger partial charge in [0.1, 0.15) is 4.88 Å². The van der Waals surface area contributed by atoms with Crippen molar-refractivity contribution in [1.82, 2.24) is 10.6 Å². The smallest absolute Gasteiger partial charge is 0.348 e. The van der Waals surface area contributed by atoms with Crippen LogP contribution in [0.1, 0.15) is 41.6 Å². The molecule has 0 spiro atoms. The highest BCUT2D eigenvalue weighted by atomic mass is 32.1. The van der Waals surface area contributed by atoms with Crippen molar-refractivity contribution >= 4 is 29.2 Å². The van der Waals surface area contributed by atoms with Crippen LogP contribution in [0.4, 0.5) is 4.79 Å². The Bertz CT molecular complexity index is 896. The number of carbonyl (C=O) groups excluding carboxylic acids is 3. The third kappa shape index (κ3) is 4.74. The minimum absolute atomic E-state index is 0.462. The van der Waals surface area contributed by atoms with E-state index in [-0.39, 0.29) is 0 Å². The van der Waals surface area contributed by atoms with E-state index in [2.05, 4.69) is 22.8 Å². The Hall–Kier alpha value is -2.67. The fourth-order valence-corrected chi connectivity index (χ4v) is 4.07. The highest BCUT2D eigenvalue weighted by molar-refractivity contribution is 7.17. The molecule has 27 heavy (non-hydrogen) atoms. The van der Waals surface area contributed by atoms with Crippen LogP contribution in [0.25, 0.3) is 10.4 Å². The summed E-state index contributed by atoms with van der Waals surface area (Å²) in [6, 6.07) is 9.37. The molecule has 3 amide bonds. The predicted octanol–water partition coefficient (Wildman–Crippen LogP) is 3.29. The Morgan fingerprint density at radius 2 is 1.81 bits per heavy atom. The topological polar surface area (TPSA) is 84.5 Å². The van der Waals surface area contributed by atoms with Crippen molar-refractivity contribution in [3.63, 3.8) is 0 Å². The minimum atomic E-state index is -0.670. The van der Waals surface area contributed by atoms with Gasteiger partial charge in [-0.2, -0.15) is 0 Å². The lowest BCUT2D eigenvalue weighted by molar-refractivity contribution is -0.123. The molecule has 0 radical (unpaired) electrons. The molecule has 1 heterocycles. The van der Waals surface area contributed by atoms with Crippen LogP contribution in [0.3, 0.4) is 0 Å². The average molecular weight is 386 g/mol. The van der Waals surface area contributed by atoms with E-state index in [0.717, 1.165) is 28.8 Å². The van der Waals surface area contributed by atoms with Crippen LogP contribution in [-0.4, -0.2) is 30.1 Å². The third-order valence-electron chi connectivity index (χ3n) is 4.01. The molecule has 0 aliphatic heterocycles. The number of ether oxygens (including phenoxy) is 1. The fourth-order valence-electron chi connectivity index (χ4n) is 2.91. The Balaban J connectivity index is 1.59. The maximum absolute atomic E-state index is 12.3. The van der Waals surface area contributed by atoms with E-state index in [1.165, 1.54) is 16.9 Å². The summed E-state index contributed by atoms with van der Waals surface area (Å²) in [5.41, 5.74) is 3.09. The molecule has 0 fully saturated rings. The van der Waals surface area contributed by atoms with Gasteiger partial charge in [0, 0.05) is 10.4 Å². The van der Waals surface area contributed by atoms with Crippen molar-refractivity contribution < 1.29 is 19.1 Å². The van der Waals surface area contributed by atoms with Gasteiger partial charge in [-0.05, 0) is 56.4 Å². The quantitative estimate of drug-likeness (QED) is 0.793. The average Bonchev–Trinajstić information content (AvgIpc) is 3.02. The lowest BCUT2D eigenvalue weighted by atomic mass is 9.91. The molecule has 0 bridgehead atoms. The van der Waals surface area contributed by atoms with Crippen LogP contribution in [-0.2, 0) is 22.4 Å². The number of amides is 3. The van der Waals surface area contributed by atoms with E-state index in [1.54, 1.807) is 20.8 Å². The number of rotatable bonds is 3. The van der Waals surface area contributed by atoms with Gasteiger partial charge in [-0.25, -0.2) is 9.59 Å². The molecule has 142 valence electrons. The molecule has 0 saturated heterocycles. The molecule has 1 aromatic heterocycles. The summed E-state index contributed by atoms with van der Waals surface area (Å²) in [4.78, 5) is 37.3. The van der Waals surface area contributed by atoms with E-state index in [4.69, 9.17) is 4.74 Å². The summed E-state index contributed by atoms with van der Waals surface area (Å²) in [5.74, 6) is -1.23. The number of hydrogen-bond donors (Lipinski definition) is 2. The van der Waals surface area contributed by atoms with E-state index in [1.807, 2.05) is 18.2 Å². The first-order chi connectivity index (χ1) is 12.7. The summed E-state index contributed by atoms with van der Waals surface area (Å²) in [7, 11) is 0. The van der Waals surface area contributed by atoms with Crippen LogP contribution < -0.4 is 10.6 Å². The first kappa shape index (κ1) is 19.1. The molecule has 6 nitrogen and oxygen atoms in total. The van der Waals surface area contributed by atoms with Crippen molar-refractivity contribution in [2.75, 3.05) is 6.61 Å². The summed E-state index contributed by atoms with van der Waals surface area (Å²) in [6.07, 6.45) is 1.82. The van der Waals surface area contributed by atoms with Crippen molar-refractivity contribution in [2.24, 2.45) is 0 Å². The lowest BCUT2D eigenvalue weighted by Gasteiger charge is -2.20. The minimum Gasteiger partial charge on any atom is -0.451 e. The first-order valence-corrected chi connectivity index (χ1v) is 9.55. The van der Waals surface area contributed by atoms with Crippen molar-refractivity contribution in [3.05, 3.63) is 46.3 Å². The van der Waals surface area contributed by atoms with Crippen LogP contribution in [0.2, 0.25) is 0 Å². The number of nitrogens with one attached hydrogen (secondary N) is 2. The van der Waals surface area contributed by atoms with Crippen LogP contribution in [0.5, 0.6) is 0 Å². The molecule has 0 saturated carbocycles. The molecule has 1 aliphatic rings. The zero-order chi connectivity index (χ0) is 19.6. The Kier molecular flexibility index (Phi) is 5.32. The van der Waals surface area contributed by atoms with Gasteiger partial charge in [0.2, 0.25) is 0 Å². The van der Waals surface area contributed by atoms with Gasteiger partial charge in [-0.15, -0.1) is 11.3 Å². The summed E-state index contributed by atoms with van der Waals surface area (Å²) >= 11 is 1.37. The fraction of sp³-hybridized carbons (Fsp3) is 0.350. The zero-order valence-corrected chi connectivity index (χ0v) is 16.4. The lowest BCUT2D eigenvalue weighted by Crippen LogP contribution is -2.49. The zero-order valence-electron chi connectivity index (χ0n) is 15.5. The molecule has 1 aromatic carbocycles. The second-order valence-electron chi connectivity index (χ2n) is 7.45. The number of thiophene rings is 1. The third-order valence-corrected chi connectivity index (χ3v) is 5.20. The number of benzene rings is 1. The van der Waals surface area contributed by atoms with Crippen LogP contribution >= 0.6 is 11.3 Å². The molecular formula is C20H22N2O4S. The molecular weight excluding hydrogens is 364 g/mol. The molecule has 2 N–H and O–H groups in total. The monoisotopic (exact) mass is 386 g/mol. The van der Waals surface area contributed by atoms with E-state index in [0.29, 0.717) is 4.88 Å². The van der Waals surface area contributed by atoms with Crippen LogP contribution in [0, 0.1) is 0 Å². The maximum atomic E-state index is 12.3. The molecule has 7 heteroatoms. The van der Waals surface area contributed by atoms with Crippen molar-refractivity contribution in [3.8, 4) is 10.4 Å². The highest BCUT2D eigenvalue weighted by Gasteiger charge is 2.23. The highest BCUT2D eigenvalue weighted by Crippen LogP contribution is 2.39. The number of hydrogen-bond acceptors (Lipinski definition) is 5. The van der Waals surface area contributed by atoms with Gasteiger partial charge < -0.3 is 10.1 Å².